The van der Waals surface area contributed by atoms with Crippen LogP contribution in [0.15, 0.2) is 28.7 Å². The molecule has 0 unspecified atom stereocenters. The van der Waals surface area contributed by atoms with Crippen LogP contribution in [0.25, 0.3) is 0 Å². The topological polar surface area (TPSA) is 55.8 Å². The second kappa shape index (κ2) is 9.39. The summed E-state index contributed by atoms with van der Waals surface area (Å²) in [5.41, 5.74) is 0. The van der Waals surface area contributed by atoms with E-state index in [9.17, 15) is 9.59 Å². The van der Waals surface area contributed by atoms with Crippen molar-refractivity contribution in [3.05, 3.63) is 28.7 Å². The van der Waals surface area contributed by atoms with E-state index in [1.54, 1.807) is 14.0 Å². The van der Waals surface area contributed by atoms with Crippen LogP contribution >= 0.6 is 15.9 Å². The highest BCUT2D eigenvalue weighted by Crippen LogP contribution is 2.16. The van der Waals surface area contributed by atoms with Gasteiger partial charge in [-0.15, -0.1) is 0 Å². The number of nitrogens with zero attached hydrogens (tertiary/aromatic N) is 1. The highest BCUT2D eigenvalue weighted by molar-refractivity contribution is 9.10. The molecule has 0 radical (unpaired) electrons. The number of rotatable bonds is 8. The fourth-order valence-corrected chi connectivity index (χ4v) is 1.86. The average Bonchev–Trinajstić information content (AvgIpc) is 2.47. The molecule has 0 atom stereocenters. The van der Waals surface area contributed by atoms with Crippen LogP contribution in [0.5, 0.6) is 5.75 Å². The van der Waals surface area contributed by atoms with Gasteiger partial charge in [-0.05, 0) is 31.2 Å². The van der Waals surface area contributed by atoms with Gasteiger partial charge in [-0.2, -0.15) is 0 Å². The standard InChI is InChI=1S/C15H20BrNO4/c1-3-20-15(19)8-10-17(2)14(18)9-11-21-13-6-4-12(16)5-7-13/h4-7H,3,8-11H2,1-2H3. The molecule has 1 amide bonds. The summed E-state index contributed by atoms with van der Waals surface area (Å²) in [4.78, 5) is 24.6. The largest absolute Gasteiger partial charge is 0.493 e. The number of halogens is 1. The van der Waals surface area contributed by atoms with E-state index in [-0.39, 0.29) is 24.7 Å². The van der Waals surface area contributed by atoms with E-state index in [0.29, 0.717) is 19.8 Å². The molecule has 0 heterocycles. The predicted octanol–water partition coefficient (Wildman–Crippen LogP) is 2.63. The third-order valence-electron chi connectivity index (χ3n) is 2.78. The molecule has 116 valence electrons. The lowest BCUT2D eigenvalue weighted by Gasteiger charge is -2.16. The van der Waals surface area contributed by atoms with Gasteiger partial charge in [0, 0.05) is 18.1 Å². The van der Waals surface area contributed by atoms with Gasteiger partial charge in [0.25, 0.3) is 0 Å². The van der Waals surface area contributed by atoms with E-state index < -0.39 is 0 Å². The Morgan fingerprint density at radius 1 is 1.19 bits per heavy atom. The van der Waals surface area contributed by atoms with E-state index in [4.69, 9.17) is 9.47 Å². The number of carbonyl (C=O) groups is 2. The van der Waals surface area contributed by atoms with Gasteiger partial charge in [0.15, 0.2) is 0 Å². The Bertz CT molecular complexity index is 461. The summed E-state index contributed by atoms with van der Waals surface area (Å²) in [5.74, 6) is 0.375. The summed E-state index contributed by atoms with van der Waals surface area (Å²) in [6.07, 6.45) is 0.485. The molecule has 6 heteroatoms. The Labute approximate surface area is 133 Å². The van der Waals surface area contributed by atoms with Crippen molar-refractivity contribution in [1.29, 1.82) is 0 Å². The Morgan fingerprint density at radius 3 is 2.48 bits per heavy atom. The fourth-order valence-electron chi connectivity index (χ4n) is 1.59. The highest BCUT2D eigenvalue weighted by atomic mass is 79.9. The van der Waals surface area contributed by atoms with Gasteiger partial charge >= 0.3 is 5.97 Å². The van der Waals surface area contributed by atoms with Crippen LogP contribution in [0.2, 0.25) is 0 Å². The quantitative estimate of drug-likeness (QED) is 0.671. The Hall–Kier alpha value is -1.56. The van der Waals surface area contributed by atoms with Crippen LogP contribution < -0.4 is 4.74 Å². The van der Waals surface area contributed by atoms with Crippen LogP contribution in [-0.2, 0) is 14.3 Å². The van der Waals surface area contributed by atoms with E-state index in [2.05, 4.69) is 15.9 Å². The van der Waals surface area contributed by atoms with E-state index >= 15 is 0 Å². The summed E-state index contributed by atoms with van der Waals surface area (Å²) in [7, 11) is 1.67. The van der Waals surface area contributed by atoms with Gasteiger partial charge in [0.1, 0.15) is 5.75 Å². The first kappa shape index (κ1) is 17.5. The van der Waals surface area contributed by atoms with Gasteiger partial charge in [0.2, 0.25) is 5.91 Å². The molecule has 1 rings (SSSR count). The van der Waals surface area contributed by atoms with Crippen LogP contribution in [0.1, 0.15) is 19.8 Å². The lowest BCUT2D eigenvalue weighted by molar-refractivity contribution is -0.143. The SMILES string of the molecule is CCOC(=O)CCN(C)C(=O)CCOc1ccc(Br)cc1. The molecule has 0 aliphatic heterocycles. The number of esters is 1. The maximum Gasteiger partial charge on any atom is 0.307 e. The number of hydrogen-bond acceptors (Lipinski definition) is 4. The zero-order valence-electron chi connectivity index (χ0n) is 12.3. The Morgan fingerprint density at radius 2 is 1.86 bits per heavy atom. The van der Waals surface area contributed by atoms with Crippen molar-refractivity contribution in [2.24, 2.45) is 0 Å². The molecule has 21 heavy (non-hydrogen) atoms. The molecule has 0 N–H and O–H groups in total. The summed E-state index contributed by atoms with van der Waals surface area (Å²) in [6, 6.07) is 7.42. The first-order valence-electron chi connectivity index (χ1n) is 6.81. The van der Waals surface area contributed by atoms with Crippen LogP contribution in [0.3, 0.4) is 0 Å². The molecule has 0 saturated carbocycles. The molecule has 1 aromatic carbocycles. The van der Waals surface area contributed by atoms with Gasteiger partial charge in [0.05, 0.1) is 26.1 Å². The van der Waals surface area contributed by atoms with E-state index in [0.717, 1.165) is 10.2 Å². The molecule has 0 aliphatic carbocycles. The average molecular weight is 358 g/mol. The number of amides is 1. The molecule has 0 fully saturated rings. The maximum atomic E-state index is 11.8. The Balaban J connectivity index is 2.23. The molecule has 0 bridgehead atoms. The maximum absolute atomic E-state index is 11.8. The predicted molar refractivity (Wildman–Crippen MR) is 83.1 cm³/mol. The minimum Gasteiger partial charge on any atom is -0.493 e. The second-order valence-electron chi connectivity index (χ2n) is 4.42. The minimum absolute atomic E-state index is 0.0589. The Kier molecular flexibility index (Phi) is 7.82. The fraction of sp³-hybridized carbons (Fsp3) is 0.467. The smallest absolute Gasteiger partial charge is 0.307 e. The van der Waals surface area contributed by atoms with Crippen molar-refractivity contribution in [3.8, 4) is 5.75 Å². The van der Waals surface area contributed by atoms with Gasteiger partial charge in [-0.1, -0.05) is 15.9 Å². The normalized spacial score (nSPS) is 10.0. The van der Waals surface area contributed by atoms with Crippen LogP contribution in [0.4, 0.5) is 0 Å². The molecule has 0 saturated heterocycles. The number of hydrogen-bond donors (Lipinski definition) is 0. The van der Waals surface area contributed by atoms with Crippen molar-refractivity contribution >= 4 is 27.8 Å². The summed E-state index contributed by atoms with van der Waals surface area (Å²) < 4.78 is 11.3. The third kappa shape index (κ3) is 7.13. The molecule has 0 spiro atoms. The third-order valence-corrected chi connectivity index (χ3v) is 3.31. The van der Waals surface area contributed by atoms with Crippen molar-refractivity contribution in [1.82, 2.24) is 4.90 Å². The lowest BCUT2D eigenvalue weighted by Crippen LogP contribution is -2.30. The van der Waals surface area contributed by atoms with Gasteiger partial charge < -0.3 is 14.4 Å². The zero-order chi connectivity index (χ0) is 15.7. The van der Waals surface area contributed by atoms with Crippen molar-refractivity contribution in [2.75, 3.05) is 26.8 Å². The van der Waals surface area contributed by atoms with Gasteiger partial charge in [-0.25, -0.2) is 0 Å². The molecule has 0 aromatic heterocycles. The molecule has 5 nitrogen and oxygen atoms in total. The molecular weight excluding hydrogens is 338 g/mol. The van der Waals surface area contributed by atoms with E-state index in [1.807, 2.05) is 24.3 Å². The first-order valence-corrected chi connectivity index (χ1v) is 7.60. The molecular formula is C15H20BrNO4. The molecule has 0 aliphatic rings. The second-order valence-corrected chi connectivity index (χ2v) is 5.34. The lowest BCUT2D eigenvalue weighted by atomic mass is 10.3. The number of carbonyl (C=O) groups excluding carboxylic acids is 2. The van der Waals surface area contributed by atoms with Crippen LogP contribution in [-0.4, -0.2) is 43.6 Å². The number of benzene rings is 1. The van der Waals surface area contributed by atoms with E-state index in [1.165, 1.54) is 4.90 Å². The number of ether oxygens (including phenoxy) is 2. The van der Waals surface area contributed by atoms with Crippen molar-refractivity contribution < 1.29 is 19.1 Å². The summed E-state index contributed by atoms with van der Waals surface area (Å²) in [6.45, 7) is 2.78. The summed E-state index contributed by atoms with van der Waals surface area (Å²) >= 11 is 3.34. The molecule has 1 aromatic rings. The zero-order valence-corrected chi connectivity index (χ0v) is 13.9. The summed E-state index contributed by atoms with van der Waals surface area (Å²) in [5, 5.41) is 0. The first-order chi connectivity index (χ1) is 10.0. The highest BCUT2D eigenvalue weighted by Gasteiger charge is 2.11. The van der Waals surface area contributed by atoms with Crippen molar-refractivity contribution in [3.63, 3.8) is 0 Å². The minimum atomic E-state index is -0.289. The monoisotopic (exact) mass is 357 g/mol. The van der Waals surface area contributed by atoms with Crippen molar-refractivity contribution in [2.45, 2.75) is 19.8 Å². The van der Waals surface area contributed by atoms with Crippen LogP contribution in [0, 0.1) is 0 Å². The van der Waals surface area contributed by atoms with Gasteiger partial charge in [-0.3, -0.25) is 9.59 Å².